The monoisotopic (exact) mass is 315 g/mol. The third-order valence-electron chi connectivity index (χ3n) is 3.83. The summed E-state index contributed by atoms with van der Waals surface area (Å²) in [5.41, 5.74) is 1.65. The van der Waals surface area contributed by atoms with Gasteiger partial charge in [-0.15, -0.1) is 11.3 Å². The smallest absolute Gasteiger partial charge is 0.264 e. The lowest BCUT2D eigenvalue weighted by atomic mass is 10.2. The third-order valence-corrected chi connectivity index (χ3v) is 4.68. The van der Waals surface area contributed by atoms with Crippen molar-refractivity contribution in [2.75, 3.05) is 11.9 Å². The first-order chi connectivity index (χ1) is 10.7. The molecule has 114 valence electrons. The highest BCUT2D eigenvalue weighted by Crippen LogP contribution is 2.23. The third kappa shape index (κ3) is 2.87. The van der Waals surface area contributed by atoms with Gasteiger partial charge in [-0.2, -0.15) is 0 Å². The van der Waals surface area contributed by atoms with Gasteiger partial charge in [-0.1, -0.05) is 6.07 Å². The number of likely N-dealkylation sites (tertiary alicyclic amines) is 1. The van der Waals surface area contributed by atoms with Crippen molar-refractivity contribution in [1.82, 2.24) is 9.88 Å². The molecule has 0 radical (unpaired) electrons. The Labute approximate surface area is 133 Å². The molecule has 2 aromatic rings. The Kier molecular flexibility index (Phi) is 4.20. The molecule has 1 aliphatic rings. The standard InChI is InChI=1S/C16H17N3O2S/c1-11-10-17-7-6-12(11)18-15(20)13-4-2-8-19(13)16(21)14-5-3-9-22-14/h3,5-7,9-10,13H,2,4,8H2,1H3,(H,17,18,20)/t13-/m0/s1. The summed E-state index contributed by atoms with van der Waals surface area (Å²) in [6.07, 6.45) is 4.91. The molecule has 1 N–H and O–H groups in total. The van der Waals surface area contributed by atoms with E-state index in [0.29, 0.717) is 17.8 Å². The zero-order valence-corrected chi connectivity index (χ0v) is 13.1. The van der Waals surface area contributed by atoms with E-state index in [0.717, 1.165) is 17.7 Å². The van der Waals surface area contributed by atoms with Gasteiger partial charge < -0.3 is 10.2 Å². The quantitative estimate of drug-likeness (QED) is 0.947. The Morgan fingerprint density at radius 2 is 2.27 bits per heavy atom. The van der Waals surface area contributed by atoms with Crippen LogP contribution in [0, 0.1) is 6.92 Å². The van der Waals surface area contributed by atoms with Gasteiger partial charge in [0, 0.05) is 24.6 Å². The number of anilines is 1. The first kappa shape index (κ1) is 14.7. The predicted molar refractivity (Wildman–Crippen MR) is 86.0 cm³/mol. The van der Waals surface area contributed by atoms with E-state index in [1.165, 1.54) is 11.3 Å². The molecular formula is C16H17N3O2S. The van der Waals surface area contributed by atoms with Crippen LogP contribution in [-0.4, -0.2) is 34.3 Å². The van der Waals surface area contributed by atoms with E-state index >= 15 is 0 Å². The fourth-order valence-electron chi connectivity index (χ4n) is 2.65. The van der Waals surface area contributed by atoms with E-state index in [1.807, 2.05) is 18.4 Å². The zero-order valence-electron chi connectivity index (χ0n) is 12.3. The highest BCUT2D eigenvalue weighted by Gasteiger charge is 2.34. The molecule has 0 aromatic carbocycles. The van der Waals surface area contributed by atoms with E-state index in [1.54, 1.807) is 29.4 Å². The fraction of sp³-hybridized carbons (Fsp3) is 0.312. The lowest BCUT2D eigenvalue weighted by molar-refractivity contribution is -0.119. The summed E-state index contributed by atoms with van der Waals surface area (Å²) >= 11 is 1.41. The molecule has 1 atom stereocenters. The normalized spacial score (nSPS) is 17.5. The molecule has 1 saturated heterocycles. The van der Waals surface area contributed by atoms with Gasteiger partial charge in [0.2, 0.25) is 5.91 Å². The summed E-state index contributed by atoms with van der Waals surface area (Å²) in [4.78, 5) is 31.4. The van der Waals surface area contributed by atoms with Gasteiger partial charge in [0.1, 0.15) is 6.04 Å². The Bertz CT molecular complexity index is 684. The molecule has 1 fully saturated rings. The van der Waals surface area contributed by atoms with Crippen LogP contribution in [0.25, 0.3) is 0 Å². The number of carbonyl (C=O) groups excluding carboxylic acids is 2. The van der Waals surface area contributed by atoms with E-state index in [2.05, 4.69) is 10.3 Å². The molecule has 0 bridgehead atoms. The molecule has 3 heterocycles. The largest absolute Gasteiger partial charge is 0.326 e. The van der Waals surface area contributed by atoms with Crippen molar-refractivity contribution in [2.24, 2.45) is 0 Å². The highest BCUT2D eigenvalue weighted by atomic mass is 32.1. The summed E-state index contributed by atoms with van der Waals surface area (Å²) in [7, 11) is 0. The highest BCUT2D eigenvalue weighted by molar-refractivity contribution is 7.12. The van der Waals surface area contributed by atoms with E-state index in [4.69, 9.17) is 0 Å². The van der Waals surface area contributed by atoms with Crippen molar-refractivity contribution in [3.8, 4) is 0 Å². The Morgan fingerprint density at radius 1 is 1.41 bits per heavy atom. The second-order valence-corrected chi connectivity index (χ2v) is 6.26. The minimum atomic E-state index is -0.401. The number of amides is 2. The number of hydrogen-bond acceptors (Lipinski definition) is 4. The number of aryl methyl sites for hydroxylation is 1. The molecule has 2 aromatic heterocycles. The van der Waals surface area contributed by atoms with Gasteiger partial charge in [0.15, 0.2) is 0 Å². The van der Waals surface area contributed by atoms with Crippen LogP contribution in [0.2, 0.25) is 0 Å². The number of nitrogens with zero attached hydrogens (tertiary/aromatic N) is 2. The topological polar surface area (TPSA) is 62.3 Å². The Morgan fingerprint density at radius 3 is 3.00 bits per heavy atom. The van der Waals surface area contributed by atoms with E-state index in [9.17, 15) is 9.59 Å². The number of rotatable bonds is 3. The minimum absolute atomic E-state index is 0.0564. The average molecular weight is 315 g/mol. The summed E-state index contributed by atoms with van der Waals surface area (Å²) < 4.78 is 0. The average Bonchev–Trinajstić information content (AvgIpc) is 3.20. The summed E-state index contributed by atoms with van der Waals surface area (Å²) in [5, 5.41) is 4.79. The molecule has 1 aliphatic heterocycles. The van der Waals surface area contributed by atoms with E-state index < -0.39 is 6.04 Å². The number of pyridine rings is 1. The molecule has 3 rings (SSSR count). The molecule has 5 nitrogen and oxygen atoms in total. The van der Waals surface area contributed by atoms with Crippen molar-refractivity contribution >= 4 is 28.8 Å². The van der Waals surface area contributed by atoms with Gasteiger partial charge in [0.25, 0.3) is 5.91 Å². The second-order valence-electron chi connectivity index (χ2n) is 5.31. The van der Waals surface area contributed by atoms with Crippen molar-refractivity contribution in [2.45, 2.75) is 25.8 Å². The summed E-state index contributed by atoms with van der Waals surface area (Å²) in [5.74, 6) is -0.184. The first-order valence-electron chi connectivity index (χ1n) is 7.23. The maximum atomic E-state index is 12.5. The van der Waals surface area contributed by atoms with Gasteiger partial charge >= 0.3 is 0 Å². The van der Waals surface area contributed by atoms with Gasteiger partial charge in [-0.25, -0.2) is 0 Å². The molecule has 0 saturated carbocycles. The number of aromatic nitrogens is 1. The molecule has 6 heteroatoms. The van der Waals surface area contributed by atoms with Crippen molar-refractivity contribution in [3.05, 3.63) is 46.4 Å². The Hall–Kier alpha value is -2.21. The van der Waals surface area contributed by atoms with E-state index in [-0.39, 0.29) is 11.8 Å². The lowest BCUT2D eigenvalue weighted by Crippen LogP contribution is -2.43. The number of nitrogens with one attached hydrogen (secondary N) is 1. The van der Waals surface area contributed by atoms with Crippen molar-refractivity contribution in [1.29, 1.82) is 0 Å². The number of thiophene rings is 1. The van der Waals surface area contributed by atoms with Crippen molar-refractivity contribution in [3.63, 3.8) is 0 Å². The maximum absolute atomic E-state index is 12.5. The van der Waals surface area contributed by atoms with Gasteiger partial charge in [-0.05, 0) is 42.8 Å². The number of hydrogen-bond donors (Lipinski definition) is 1. The van der Waals surface area contributed by atoms with Crippen LogP contribution in [0.5, 0.6) is 0 Å². The van der Waals surface area contributed by atoms with Crippen LogP contribution in [0.1, 0.15) is 28.1 Å². The summed E-state index contributed by atoms with van der Waals surface area (Å²) in [6, 6.07) is 5.02. The Balaban J connectivity index is 1.74. The van der Waals surface area contributed by atoms with Crippen LogP contribution in [0.4, 0.5) is 5.69 Å². The zero-order chi connectivity index (χ0) is 15.5. The van der Waals surface area contributed by atoms with Gasteiger partial charge in [-0.3, -0.25) is 14.6 Å². The van der Waals surface area contributed by atoms with Gasteiger partial charge in [0.05, 0.1) is 4.88 Å². The molecule has 2 amide bonds. The molecule has 0 aliphatic carbocycles. The van der Waals surface area contributed by atoms with Crippen LogP contribution < -0.4 is 5.32 Å². The first-order valence-corrected chi connectivity index (χ1v) is 8.11. The molecular weight excluding hydrogens is 298 g/mol. The minimum Gasteiger partial charge on any atom is -0.326 e. The summed E-state index contributed by atoms with van der Waals surface area (Å²) in [6.45, 7) is 2.52. The van der Waals surface area contributed by atoms with Crippen LogP contribution in [0.15, 0.2) is 36.0 Å². The van der Waals surface area contributed by atoms with Crippen LogP contribution in [-0.2, 0) is 4.79 Å². The number of carbonyl (C=O) groups is 2. The molecule has 0 unspecified atom stereocenters. The maximum Gasteiger partial charge on any atom is 0.264 e. The van der Waals surface area contributed by atoms with Crippen LogP contribution >= 0.6 is 11.3 Å². The molecule has 0 spiro atoms. The second kappa shape index (κ2) is 6.27. The fourth-order valence-corrected chi connectivity index (χ4v) is 3.33. The molecule has 22 heavy (non-hydrogen) atoms. The van der Waals surface area contributed by atoms with Crippen molar-refractivity contribution < 1.29 is 9.59 Å². The van der Waals surface area contributed by atoms with Crippen LogP contribution in [0.3, 0.4) is 0 Å². The SMILES string of the molecule is Cc1cnccc1NC(=O)[C@@H]1CCCN1C(=O)c1cccs1. The predicted octanol–water partition coefficient (Wildman–Crippen LogP) is 2.69. The lowest BCUT2D eigenvalue weighted by Gasteiger charge is -2.23.